The Morgan fingerprint density at radius 3 is 2.40 bits per heavy atom. The Labute approximate surface area is 118 Å². The summed E-state index contributed by atoms with van der Waals surface area (Å²) >= 11 is 0. The Hall–Kier alpha value is -1.19. The summed E-state index contributed by atoms with van der Waals surface area (Å²) in [6.45, 7) is 4.38. The molecule has 0 aliphatic heterocycles. The van der Waals surface area contributed by atoms with Crippen molar-refractivity contribution >= 4 is 5.69 Å². The second-order valence-electron chi connectivity index (χ2n) is 6.25. The Balaban J connectivity index is 2.03. The van der Waals surface area contributed by atoms with E-state index >= 15 is 0 Å². The number of rotatable bonds is 4. The summed E-state index contributed by atoms with van der Waals surface area (Å²) in [7, 11) is 0. The molecule has 1 aliphatic rings. The third-order valence-corrected chi connectivity index (χ3v) is 3.94. The van der Waals surface area contributed by atoms with E-state index in [1.54, 1.807) is 0 Å². The predicted molar refractivity (Wildman–Crippen MR) is 75.1 cm³/mol. The van der Waals surface area contributed by atoms with E-state index in [-0.39, 0.29) is 11.7 Å². The van der Waals surface area contributed by atoms with E-state index in [1.165, 1.54) is 6.42 Å². The van der Waals surface area contributed by atoms with Gasteiger partial charge in [-0.05, 0) is 31.1 Å². The van der Waals surface area contributed by atoms with Gasteiger partial charge in [0, 0.05) is 18.2 Å². The van der Waals surface area contributed by atoms with Gasteiger partial charge < -0.3 is 5.32 Å². The molecule has 0 spiro atoms. The van der Waals surface area contributed by atoms with Gasteiger partial charge in [0.25, 0.3) is 0 Å². The summed E-state index contributed by atoms with van der Waals surface area (Å²) in [6, 6.07) is 1.52. The summed E-state index contributed by atoms with van der Waals surface area (Å²) < 4.78 is 40.1. The lowest BCUT2D eigenvalue weighted by atomic mass is 9.81. The van der Waals surface area contributed by atoms with Crippen molar-refractivity contribution in [2.75, 3.05) is 5.32 Å². The van der Waals surface area contributed by atoms with Gasteiger partial charge in [-0.1, -0.05) is 26.7 Å². The van der Waals surface area contributed by atoms with Gasteiger partial charge in [-0.3, -0.25) is 0 Å². The van der Waals surface area contributed by atoms with Gasteiger partial charge in [-0.25, -0.2) is 13.2 Å². The van der Waals surface area contributed by atoms with Crippen LogP contribution in [-0.2, 0) is 0 Å². The summed E-state index contributed by atoms with van der Waals surface area (Å²) in [6.07, 6.45) is 5.23. The van der Waals surface area contributed by atoms with E-state index in [0.717, 1.165) is 37.8 Å². The average molecular weight is 285 g/mol. The van der Waals surface area contributed by atoms with Crippen molar-refractivity contribution in [1.82, 2.24) is 0 Å². The first-order chi connectivity index (χ1) is 9.45. The molecule has 1 fully saturated rings. The maximum Gasteiger partial charge on any atom is 0.152 e. The van der Waals surface area contributed by atoms with Crippen molar-refractivity contribution in [2.45, 2.75) is 52.0 Å². The second kappa shape index (κ2) is 6.51. The molecule has 0 bridgehead atoms. The summed E-state index contributed by atoms with van der Waals surface area (Å²) in [4.78, 5) is 0. The molecular weight excluding hydrogens is 263 g/mol. The number of halogens is 3. The van der Waals surface area contributed by atoms with Crippen LogP contribution in [0.2, 0.25) is 0 Å². The first kappa shape index (κ1) is 15.2. The van der Waals surface area contributed by atoms with Gasteiger partial charge in [-0.2, -0.15) is 0 Å². The maximum atomic E-state index is 13.6. The molecule has 4 heteroatoms. The van der Waals surface area contributed by atoms with Crippen LogP contribution in [0, 0.1) is 29.3 Å². The summed E-state index contributed by atoms with van der Waals surface area (Å²) in [5.74, 6) is -1.35. The van der Waals surface area contributed by atoms with Crippen molar-refractivity contribution in [1.29, 1.82) is 0 Å². The van der Waals surface area contributed by atoms with Crippen molar-refractivity contribution in [3.63, 3.8) is 0 Å². The standard InChI is InChI=1S/C16H22F3N/c1-10(2)6-11-4-3-5-13(7-11)20-16-14(18)8-12(17)9-15(16)19/h8-11,13,20H,3-7H2,1-2H3. The van der Waals surface area contributed by atoms with Crippen LogP contribution < -0.4 is 5.32 Å². The molecule has 1 aromatic rings. The van der Waals surface area contributed by atoms with E-state index in [9.17, 15) is 13.2 Å². The highest BCUT2D eigenvalue weighted by Gasteiger charge is 2.24. The fourth-order valence-corrected chi connectivity index (χ4v) is 3.19. The zero-order valence-corrected chi connectivity index (χ0v) is 12.1. The predicted octanol–water partition coefficient (Wildman–Crippen LogP) is 5.12. The molecule has 0 aromatic heterocycles. The third-order valence-electron chi connectivity index (χ3n) is 3.94. The van der Waals surface area contributed by atoms with Crippen molar-refractivity contribution < 1.29 is 13.2 Å². The number of hydrogen-bond acceptors (Lipinski definition) is 1. The molecule has 1 aliphatic carbocycles. The fraction of sp³-hybridized carbons (Fsp3) is 0.625. The van der Waals surface area contributed by atoms with Crippen LogP contribution in [0.25, 0.3) is 0 Å². The number of nitrogens with one attached hydrogen (secondary N) is 1. The molecule has 1 aromatic carbocycles. The second-order valence-corrected chi connectivity index (χ2v) is 6.25. The lowest BCUT2D eigenvalue weighted by molar-refractivity contribution is 0.288. The van der Waals surface area contributed by atoms with E-state index in [2.05, 4.69) is 19.2 Å². The van der Waals surface area contributed by atoms with Crippen LogP contribution in [0.1, 0.15) is 46.0 Å². The SMILES string of the molecule is CC(C)CC1CCCC(Nc2c(F)cc(F)cc2F)C1. The molecule has 0 radical (unpaired) electrons. The molecule has 112 valence electrons. The van der Waals surface area contributed by atoms with Gasteiger partial charge in [-0.15, -0.1) is 0 Å². The zero-order chi connectivity index (χ0) is 14.7. The smallest absolute Gasteiger partial charge is 0.152 e. The fourth-order valence-electron chi connectivity index (χ4n) is 3.19. The number of hydrogen-bond donors (Lipinski definition) is 1. The first-order valence-corrected chi connectivity index (χ1v) is 7.36. The maximum absolute atomic E-state index is 13.6. The molecule has 20 heavy (non-hydrogen) atoms. The summed E-state index contributed by atoms with van der Waals surface area (Å²) in [5, 5.41) is 2.93. The van der Waals surface area contributed by atoms with Crippen LogP contribution in [0.15, 0.2) is 12.1 Å². The topological polar surface area (TPSA) is 12.0 Å². The molecule has 2 unspecified atom stereocenters. The van der Waals surface area contributed by atoms with Crippen LogP contribution >= 0.6 is 0 Å². The normalized spacial score (nSPS) is 23.1. The Bertz CT molecular complexity index is 436. The highest BCUT2D eigenvalue weighted by Crippen LogP contribution is 2.32. The van der Waals surface area contributed by atoms with Gasteiger partial charge in [0.1, 0.15) is 11.5 Å². The molecule has 1 saturated carbocycles. The Kier molecular flexibility index (Phi) is 4.95. The minimum atomic E-state index is -0.883. The summed E-state index contributed by atoms with van der Waals surface area (Å²) in [5.41, 5.74) is -0.193. The van der Waals surface area contributed by atoms with Gasteiger partial charge in [0.15, 0.2) is 11.6 Å². The number of benzene rings is 1. The van der Waals surface area contributed by atoms with Gasteiger partial charge in [0.2, 0.25) is 0 Å². The van der Waals surface area contributed by atoms with E-state index < -0.39 is 17.5 Å². The molecule has 2 rings (SSSR count). The van der Waals surface area contributed by atoms with E-state index in [4.69, 9.17) is 0 Å². The van der Waals surface area contributed by atoms with Crippen molar-refractivity contribution in [3.8, 4) is 0 Å². The molecule has 0 saturated heterocycles. The van der Waals surface area contributed by atoms with Crippen molar-refractivity contribution in [2.24, 2.45) is 11.8 Å². The molecule has 0 heterocycles. The molecular formula is C16H22F3N. The lowest BCUT2D eigenvalue weighted by Gasteiger charge is -2.31. The van der Waals surface area contributed by atoms with Crippen LogP contribution in [0.5, 0.6) is 0 Å². The zero-order valence-electron chi connectivity index (χ0n) is 12.1. The van der Waals surface area contributed by atoms with Gasteiger partial charge in [0.05, 0.1) is 0 Å². The Morgan fingerprint density at radius 1 is 1.15 bits per heavy atom. The van der Waals surface area contributed by atoms with Crippen LogP contribution in [-0.4, -0.2) is 6.04 Å². The largest absolute Gasteiger partial charge is 0.378 e. The van der Waals surface area contributed by atoms with Gasteiger partial charge >= 0.3 is 0 Å². The highest BCUT2D eigenvalue weighted by atomic mass is 19.1. The monoisotopic (exact) mass is 285 g/mol. The number of anilines is 1. The van der Waals surface area contributed by atoms with Crippen LogP contribution in [0.4, 0.5) is 18.9 Å². The Morgan fingerprint density at radius 2 is 1.80 bits per heavy atom. The average Bonchev–Trinajstić information content (AvgIpc) is 2.33. The third kappa shape index (κ3) is 3.90. The minimum Gasteiger partial charge on any atom is -0.378 e. The minimum absolute atomic E-state index is 0.0713. The van der Waals surface area contributed by atoms with Crippen molar-refractivity contribution in [3.05, 3.63) is 29.6 Å². The molecule has 0 amide bonds. The molecule has 1 N–H and O–H groups in total. The van der Waals surface area contributed by atoms with Crippen LogP contribution in [0.3, 0.4) is 0 Å². The molecule has 2 atom stereocenters. The lowest BCUT2D eigenvalue weighted by Crippen LogP contribution is -2.28. The highest BCUT2D eigenvalue weighted by molar-refractivity contribution is 5.47. The van der Waals surface area contributed by atoms with E-state index in [1.807, 2.05) is 0 Å². The quantitative estimate of drug-likeness (QED) is 0.809. The molecule has 1 nitrogen and oxygen atoms in total. The first-order valence-electron chi connectivity index (χ1n) is 7.36. The van der Waals surface area contributed by atoms with E-state index in [0.29, 0.717) is 11.8 Å².